The van der Waals surface area contributed by atoms with Gasteiger partial charge in [0.2, 0.25) is 0 Å². The molecule has 0 saturated carbocycles. The molecule has 0 spiro atoms. The Kier molecular flexibility index (Phi) is 5.30. The van der Waals surface area contributed by atoms with Crippen LogP contribution in [0.25, 0.3) is 10.9 Å². The summed E-state index contributed by atoms with van der Waals surface area (Å²) in [5.41, 5.74) is 5.15. The van der Waals surface area contributed by atoms with Crippen LogP contribution in [0.4, 0.5) is 0 Å². The molecule has 0 saturated heterocycles. The third-order valence-electron chi connectivity index (χ3n) is 4.19. The number of hydrogen-bond acceptors (Lipinski definition) is 5. The molecule has 0 aliphatic heterocycles. The number of carbonyl (C=O) groups excluding carboxylic acids is 1. The summed E-state index contributed by atoms with van der Waals surface area (Å²) in [6, 6.07) is 12.7. The molecular weight excluding hydrogens is 346 g/mol. The van der Waals surface area contributed by atoms with Crippen LogP contribution in [-0.2, 0) is 0 Å². The molecule has 0 bridgehead atoms. The zero-order valence-electron chi connectivity index (χ0n) is 15.6. The van der Waals surface area contributed by atoms with Crippen LogP contribution in [0.5, 0.6) is 17.2 Å². The fourth-order valence-corrected chi connectivity index (χ4v) is 2.71. The van der Waals surface area contributed by atoms with Gasteiger partial charge in [-0.2, -0.15) is 5.10 Å². The summed E-state index contributed by atoms with van der Waals surface area (Å²) in [5, 5.41) is 5.08. The van der Waals surface area contributed by atoms with Gasteiger partial charge in [0.25, 0.3) is 5.91 Å². The summed E-state index contributed by atoms with van der Waals surface area (Å²) >= 11 is 0. The Labute approximate surface area is 156 Å². The number of nitrogens with one attached hydrogen (secondary N) is 2. The molecule has 3 rings (SSSR count). The lowest BCUT2D eigenvalue weighted by Crippen LogP contribution is -2.19. The summed E-state index contributed by atoms with van der Waals surface area (Å²) in [6.07, 6.45) is 0. The highest BCUT2D eigenvalue weighted by Gasteiger charge is 2.12. The molecule has 0 unspecified atom stereocenters. The van der Waals surface area contributed by atoms with E-state index in [2.05, 4.69) is 15.5 Å². The largest absolute Gasteiger partial charge is 0.497 e. The molecule has 0 radical (unpaired) electrons. The standard InChI is InChI=1S/C20H21N3O4/c1-12(16-11-15(26-3)6-8-19(16)27-4)22-23-20(24)18-10-13-9-14(25-2)5-7-17(13)21-18/h5-11,21H,1-4H3,(H,23,24). The molecule has 1 aromatic heterocycles. The van der Waals surface area contributed by atoms with E-state index in [4.69, 9.17) is 14.2 Å². The summed E-state index contributed by atoms with van der Waals surface area (Å²) in [6.45, 7) is 1.79. The summed E-state index contributed by atoms with van der Waals surface area (Å²) < 4.78 is 15.8. The van der Waals surface area contributed by atoms with Gasteiger partial charge in [-0.3, -0.25) is 4.79 Å². The Morgan fingerprint density at radius 2 is 1.67 bits per heavy atom. The van der Waals surface area contributed by atoms with Crippen LogP contribution >= 0.6 is 0 Å². The maximum Gasteiger partial charge on any atom is 0.287 e. The number of methoxy groups -OCH3 is 3. The summed E-state index contributed by atoms with van der Waals surface area (Å²) in [4.78, 5) is 15.5. The molecule has 1 heterocycles. The van der Waals surface area contributed by atoms with Gasteiger partial charge in [-0.25, -0.2) is 5.43 Å². The van der Waals surface area contributed by atoms with Gasteiger partial charge >= 0.3 is 0 Å². The fourth-order valence-electron chi connectivity index (χ4n) is 2.71. The van der Waals surface area contributed by atoms with E-state index < -0.39 is 0 Å². The maximum atomic E-state index is 12.4. The predicted octanol–water partition coefficient (Wildman–Crippen LogP) is 3.35. The summed E-state index contributed by atoms with van der Waals surface area (Å²) in [7, 11) is 4.77. The lowest BCUT2D eigenvalue weighted by molar-refractivity contribution is 0.0950. The van der Waals surface area contributed by atoms with Crippen LogP contribution < -0.4 is 19.6 Å². The van der Waals surface area contributed by atoms with Gasteiger partial charge in [0.1, 0.15) is 22.9 Å². The van der Waals surface area contributed by atoms with E-state index in [1.54, 1.807) is 52.5 Å². The third kappa shape index (κ3) is 3.87. The molecule has 0 fully saturated rings. The molecule has 1 amide bonds. The average Bonchev–Trinajstić information content (AvgIpc) is 3.14. The van der Waals surface area contributed by atoms with Crippen LogP contribution in [-0.4, -0.2) is 37.9 Å². The lowest BCUT2D eigenvalue weighted by Gasteiger charge is -2.10. The molecule has 0 aliphatic rings. The van der Waals surface area contributed by atoms with Gasteiger partial charge in [-0.1, -0.05) is 0 Å². The molecule has 2 aromatic carbocycles. The number of H-pyrrole nitrogens is 1. The number of benzene rings is 2. The smallest absolute Gasteiger partial charge is 0.287 e. The molecule has 0 atom stereocenters. The highest BCUT2D eigenvalue weighted by molar-refractivity contribution is 6.03. The highest BCUT2D eigenvalue weighted by Crippen LogP contribution is 2.25. The topological polar surface area (TPSA) is 84.9 Å². The number of nitrogens with zero attached hydrogens (tertiary/aromatic N) is 1. The number of hydrogen-bond donors (Lipinski definition) is 2. The average molecular weight is 367 g/mol. The first kappa shape index (κ1) is 18.3. The second-order valence-corrected chi connectivity index (χ2v) is 5.84. The normalized spacial score (nSPS) is 11.3. The van der Waals surface area contributed by atoms with Gasteiger partial charge in [0, 0.05) is 16.5 Å². The van der Waals surface area contributed by atoms with E-state index in [9.17, 15) is 4.79 Å². The number of carbonyl (C=O) groups is 1. The van der Waals surface area contributed by atoms with Crippen molar-refractivity contribution >= 4 is 22.5 Å². The van der Waals surface area contributed by atoms with Gasteiger partial charge < -0.3 is 19.2 Å². The van der Waals surface area contributed by atoms with Gasteiger partial charge in [0.05, 0.1) is 27.0 Å². The van der Waals surface area contributed by atoms with Crippen molar-refractivity contribution in [3.63, 3.8) is 0 Å². The lowest BCUT2D eigenvalue weighted by atomic mass is 10.1. The fraction of sp³-hybridized carbons (Fsp3) is 0.200. The number of hydrazone groups is 1. The second kappa shape index (κ2) is 7.82. The Balaban J connectivity index is 1.82. The van der Waals surface area contributed by atoms with Gasteiger partial charge in [-0.15, -0.1) is 0 Å². The quantitative estimate of drug-likeness (QED) is 0.517. The summed E-state index contributed by atoms with van der Waals surface area (Å²) in [5.74, 6) is 1.71. The van der Waals surface area contributed by atoms with Crippen molar-refractivity contribution in [2.24, 2.45) is 5.10 Å². The zero-order valence-corrected chi connectivity index (χ0v) is 15.6. The van der Waals surface area contributed by atoms with Gasteiger partial charge in [-0.05, 0) is 49.4 Å². The molecule has 27 heavy (non-hydrogen) atoms. The molecule has 0 aliphatic carbocycles. The van der Waals surface area contributed by atoms with E-state index in [0.717, 1.165) is 22.2 Å². The number of rotatable bonds is 6. The van der Waals surface area contributed by atoms with E-state index >= 15 is 0 Å². The SMILES string of the molecule is COc1ccc(OC)c(C(C)=NNC(=O)c2cc3cc(OC)ccc3[nH]2)c1. The van der Waals surface area contributed by atoms with Crippen molar-refractivity contribution in [1.29, 1.82) is 0 Å². The van der Waals surface area contributed by atoms with Gasteiger partial charge in [0.15, 0.2) is 0 Å². The Hall–Kier alpha value is -3.48. The van der Waals surface area contributed by atoms with Crippen molar-refractivity contribution in [2.45, 2.75) is 6.92 Å². The number of ether oxygens (including phenoxy) is 3. The molecule has 7 nitrogen and oxygen atoms in total. The number of fused-ring (bicyclic) bond motifs is 1. The van der Waals surface area contributed by atoms with E-state index in [-0.39, 0.29) is 5.91 Å². The van der Waals surface area contributed by atoms with E-state index in [1.165, 1.54) is 0 Å². The minimum absolute atomic E-state index is 0.341. The molecule has 140 valence electrons. The third-order valence-corrected chi connectivity index (χ3v) is 4.19. The maximum absolute atomic E-state index is 12.4. The Morgan fingerprint density at radius 1 is 0.963 bits per heavy atom. The van der Waals surface area contributed by atoms with Crippen molar-refractivity contribution in [3.05, 3.63) is 53.7 Å². The molecule has 3 aromatic rings. The molecular formula is C20H21N3O4. The number of aromatic amines is 1. The van der Waals surface area contributed by atoms with Crippen molar-refractivity contribution in [2.75, 3.05) is 21.3 Å². The Bertz CT molecular complexity index is 1010. The first-order chi connectivity index (χ1) is 13.0. The van der Waals surface area contributed by atoms with Crippen LogP contribution in [0, 0.1) is 0 Å². The first-order valence-electron chi connectivity index (χ1n) is 8.29. The molecule has 2 N–H and O–H groups in total. The monoisotopic (exact) mass is 367 g/mol. The Morgan fingerprint density at radius 3 is 2.37 bits per heavy atom. The number of amides is 1. The zero-order chi connectivity index (χ0) is 19.4. The van der Waals surface area contributed by atoms with Crippen LogP contribution in [0.2, 0.25) is 0 Å². The number of aromatic nitrogens is 1. The van der Waals surface area contributed by atoms with E-state index in [1.807, 2.05) is 18.2 Å². The highest BCUT2D eigenvalue weighted by atomic mass is 16.5. The second-order valence-electron chi connectivity index (χ2n) is 5.84. The van der Waals surface area contributed by atoms with E-state index in [0.29, 0.717) is 22.9 Å². The van der Waals surface area contributed by atoms with Crippen LogP contribution in [0.15, 0.2) is 47.6 Å². The van der Waals surface area contributed by atoms with Crippen LogP contribution in [0.3, 0.4) is 0 Å². The van der Waals surface area contributed by atoms with Crippen molar-refractivity contribution in [1.82, 2.24) is 10.4 Å². The minimum Gasteiger partial charge on any atom is -0.497 e. The predicted molar refractivity (Wildman–Crippen MR) is 104 cm³/mol. The van der Waals surface area contributed by atoms with Crippen LogP contribution in [0.1, 0.15) is 23.0 Å². The minimum atomic E-state index is -0.341. The first-order valence-corrected chi connectivity index (χ1v) is 8.29. The van der Waals surface area contributed by atoms with Crippen molar-refractivity contribution in [3.8, 4) is 17.2 Å². The molecule has 7 heteroatoms. The van der Waals surface area contributed by atoms with Crippen molar-refractivity contribution < 1.29 is 19.0 Å².